The zero-order valence-corrected chi connectivity index (χ0v) is 11.8. The highest BCUT2D eigenvalue weighted by Gasteiger charge is 2.42. The number of fused-ring (bicyclic) bond motifs is 2. The summed E-state index contributed by atoms with van der Waals surface area (Å²) in [5, 5.41) is 9.93. The van der Waals surface area contributed by atoms with Crippen molar-refractivity contribution < 1.29 is 19.4 Å². The molecular formula is C16H19NO4. The molecule has 1 saturated heterocycles. The molecule has 1 saturated carbocycles. The van der Waals surface area contributed by atoms with E-state index in [0.29, 0.717) is 35.4 Å². The monoisotopic (exact) mass is 289 g/mol. The van der Waals surface area contributed by atoms with Gasteiger partial charge >= 0.3 is 0 Å². The van der Waals surface area contributed by atoms with Gasteiger partial charge in [0, 0.05) is 24.6 Å². The van der Waals surface area contributed by atoms with Gasteiger partial charge in [-0.3, -0.25) is 9.69 Å². The average Bonchev–Trinajstić information content (AvgIpc) is 3.16. The lowest BCUT2D eigenvalue weighted by Crippen LogP contribution is -2.30. The maximum Gasteiger partial charge on any atom is 0.231 e. The van der Waals surface area contributed by atoms with Crippen LogP contribution in [0.2, 0.25) is 0 Å². The lowest BCUT2D eigenvalue weighted by molar-refractivity contribution is 0.0919. The summed E-state index contributed by atoms with van der Waals surface area (Å²) in [5.74, 6) is 2.36. The van der Waals surface area contributed by atoms with Gasteiger partial charge in [-0.2, -0.15) is 0 Å². The van der Waals surface area contributed by atoms with E-state index in [-0.39, 0.29) is 18.7 Å². The number of aliphatic hydroxyl groups excluding tert-OH is 1. The summed E-state index contributed by atoms with van der Waals surface area (Å²) in [4.78, 5) is 14.6. The maximum atomic E-state index is 12.4. The molecular weight excluding hydrogens is 270 g/mol. The van der Waals surface area contributed by atoms with E-state index in [0.717, 1.165) is 25.9 Å². The first-order chi connectivity index (χ1) is 10.2. The second-order valence-electron chi connectivity index (χ2n) is 6.25. The molecule has 3 atom stereocenters. The molecule has 0 bridgehead atoms. The summed E-state index contributed by atoms with van der Waals surface area (Å²) in [6.45, 7) is 2.40. The first kappa shape index (κ1) is 13.1. The van der Waals surface area contributed by atoms with Gasteiger partial charge in [-0.25, -0.2) is 0 Å². The van der Waals surface area contributed by atoms with Crippen LogP contribution in [0, 0.1) is 11.8 Å². The predicted octanol–water partition coefficient (Wildman–Crippen LogP) is 1.30. The third-order valence-electron chi connectivity index (χ3n) is 4.96. The topological polar surface area (TPSA) is 59.0 Å². The van der Waals surface area contributed by atoms with Crippen molar-refractivity contribution >= 4 is 5.78 Å². The predicted molar refractivity (Wildman–Crippen MR) is 75.6 cm³/mol. The first-order valence-corrected chi connectivity index (χ1v) is 7.54. The Morgan fingerprint density at radius 3 is 2.95 bits per heavy atom. The minimum absolute atomic E-state index is 0.0998. The van der Waals surface area contributed by atoms with E-state index >= 15 is 0 Å². The summed E-state index contributed by atoms with van der Waals surface area (Å²) < 4.78 is 10.6. The number of benzene rings is 1. The van der Waals surface area contributed by atoms with Crippen LogP contribution in [0.5, 0.6) is 11.5 Å². The van der Waals surface area contributed by atoms with E-state index in [1.54, 1.807) is 18.2 Å². The number of nitrogens with zero attached hydrogens (tertiary/aromatic N) is 1. The number of hydrogen-bond donors (Lipinski definition) is 1. The molecule has 1 aromatic carbocycles. The fourth-order valence-electron chi connectivity index (χ4n) is 3.82. The fourth-order valence-corrected chi connectivity index (χ4v) is 3.82. The van der Waals surface area contributed by atoms with Crippen molar-refractivity contribution in [2.75, 3.05) is 26.4 Å². The standard InChI is InChI=1S/C16H19NO4/c18-13-3-1-11-6-17(7-12(11)13)8-14(19)10-2-4-15-16(5-10)21-9-20-15/h2,4-5,11-13,18H,1,3,6-9H2. The number of ketones is 1. The van der Waals surface area contributed by atoms with Gasteiger partial charge in [-0.05, 0) is 37.0 Å². The molecule has 5 heteroatoms. The molecule has 3 aliphatic rings. The van der Waals surface area contributed by atoms with Crippen molar-refractivity contribution in [2.45, 2.75) is 18.9 Å². The molecule has 1 N–H and O–H groups in total. The minimum Gasteiger partial charge on any atom is -0.454 e. The van der Waals surface area contributed by atoms with Gasteiger partial charge in [0.25, 0.3) is 0 Å². The summed E-state index contributed by atoms with van der Waals surface area (Å²) in [6, 6.07) is 5.34. The summed E-state index contributed by atoms with van der Waals surface area (Å²) in [6.07, 6.45) is 1.82. The van der Waals surface area contributed by atoms with Gasteiger partial charge in [0.15, 0.2) is 17.3 Å². The number of aliphatic hydroxyl groups is 1. The van der Waals surface area contributed by atoms with E-state index < -0.39 is 0 Å². The SMILES string of the molecule is O=C(CN1CC2CCC(O)C2C1)c1ccc2c(c1)OCO2. The Balaban J connectivity index is 1.42. The second kappa shape index (κ2) is 5.00. The van der Waals surface area contributed by atoms with Crippen LogP contribution in [-0.2, 0) is 0 Å². The third kappa shape index (κ3) is 2.30. The average molecular weight is 289 g/mol. The van der Waals surface area contributed by atoms with Crippen LogP contribution >= 0.6 is 0 Å². The Bertz CT molecular complexity index is 573. The van der Waals surface area contributed by atoms with E-state index in [1.165, 1.54) is 0 Å². The van der Waals surface area contributed by atoms with Crippen molar-refractivity contribution in [2.24, 2.45) is 11.8 Å². The van der Waals surface area contributed by atoms with E-state index in [1.807, 2.05) is 0 Å². The normalized spacial score (nSPS) is 30.6. The number of ether oxygens (including phenoxy) is 2. The van der Waals surface area contributed by atoms with E-state index in [4.69, 9.17) is 9.47 Å². The quantitative estimate of drug-likeness (QED) is 0.850. The number of carbonyl (C=O) groups excluding carboxylic acids is 1. The number of Topliss-reactive ketones (excluding diaryl/α,β-unsaturated/α-hetero) is 1. The maximum absolute atomic E-state index is 12.4. The molecule has 1 aromatic rings. The largest absolute Gasteiger partial charge is 0.454 e. The van der Waals surface area contributed by atoms with Gasteiger partial charge in [0.2, 0.25) is 6.79 Å². The Morgan fingerprint density at radius 2 is 2.10 bits per heavy atom. The number of rotatable bonds is 3. The van der Waals surface area contributed by atoms with Crippen LogP contribution < -0.4 is 9.47 Å². The summed E-state index contributed by atoms with van der Waals surface area (Å²) in [5.41, 5.74) is 0.664. The molecule has 5 nitrogen and oxygen atoms in total. The van der Waals surface area contributed by atoms with E-state index in [2.05, 4.69) is 4.90 Å². The number of carbonyl (C=O) groups is 1. The fraction of sp³-hybridized carbons (Fsp3) is 0.562. The van der Waals surface area contributed by atoms with Gasteiger partial charge < -0.3 is 14.6 Å². The van der Waals surface area contributed by atoms with Crippen molar-refractivity contribution in [1.82, 2.24) is 4.90 Å². The molecule has 1 aliphatic carbocycles. The minimum atomic E-state index is -0.180. The molecule has 2 aliphatic heterocycles. The summed E-state index contributed by atoms with van der Waals surface area (Å²) in [7, 11) is 0. The van der Waals surface area contributed by atoms with Crippen LogP contribution in [0.25, 0.3) is 0 Å². The highest BCUT2D eigenvalue weighted by Crippen LogP contribution is 2.38. The molecule has 4 rings (SSSR count). The molecule has 0 spiro atoms. The molecule has 112 valence electrons. The van der Waals surface area contributed by atoms with Gasteiger partial charge in [0.05, 0.1) is 12.6 Å². The first-order valence-electron chi connectivity index (χ1n) is 7.54. The van der Waals surface area contributed by atoms with Crippen LogP contribution in [0.1, 0.15) is 23.2 Å². The zero-order chi connectivity index (χ0) is 14.4. The Morgan fingerprint density at radius 1 is 1.24 bits per heavy atom. The zero-order valence-electron chi connectivity index (χ0n) is 11.8. The molecule has 21 heavy (non-hydrogen) atoms. The smallest absolute Gasteiger partial charge is 0.231 e. The van der Waals surface area contributed by atoms with Crippen LogP contribution in [0.3, 0.4) is 0 Å². The van der Waals surface area contributed by atoms with Crippen molar-refractivity contribution in [1.29, 1.82) is 0 Å². The van der Waals surface area contributed by atoms with Crippen LogP contribution in [0.4, 0.5) is 0 Å². The Hall–Kier alpha value is -1.59. The van der Waals surface area contributed by atoms with Crippen LogP contribution in [-0.4, -0.2) is 48.3 Å². The molecule has 0 radical (unpaired) electrons. The number of likely N-dealkylation sites (tertiary alicyclic amines) is 1. The molecule has 0 aromatic heterocycles. The van der Waals surface area contributed by atoms with Crippen molar-refractivity contribution in [3.63, 3.8) is 0 Å². The van der Waals surface area contributed by atoms with Crippen molar-refractivity contribution in [3.05, 3.63) is 23.8 Å². The molecule has 0 amide bonds. The second-order valence-corrected chi connectivity index (χ2v) is 6.25. The lowest BCUT2D eigenvalue weighted by Gasteiger charge is -2.17. The number of hydrogen-bond acceptors (Lipinski definition) is 5. The highest BCUT2D eigenvalue weighted by atomic mass is 16.7. The lowest BCUT2D eigenvalue weighted by atomic mass is 10.00. The van der Waals surface area contributed by atoms with E-state index in [9.17, 15) is 9.90 Å². The van der Waals surface area contributed by atoms with Gasteiger partial charge in [-0.1, -0.05) is 0 Å². The van der Waals surface area contributed by atoms with Crippen molar-refractivity contribution in [3.8, 4) is 11.5 Å². The molecule has 3 unspecified atom stereocenters. The Labute approximate surface area is 123 Å². The Kier molecular flexibility index (Phi) is 3.12. The van der Waals surface area contributed by atoms with Gasteiger partial charge in [0.1, 0.15) is 0 Å². The molecule has 2 heterocycles. The highest BCUT2D eigenvalue weighted by molar-refractivity contribution is 5.98. The van der Waals surface area contributed by atoms with Gasteiger partial charge in [-0.15, -0.1) is 0 Å². The molecule has 2 fully saturated rings. The van der Waals surface area contributed by atoms with Crippen LogP contribution in [0.15, 0.2) is 18.2 Å². The third-order valence-corrected chi connectivity index (χ3v) is 4.96. The summed E-state index contributed by atoms with van der Waals surface area (Å²) >= 11 is 0.